The molecule has 5 heteroatoms. The maximum Gasteiger partial charge on any atom is 0.216 e. The minimum absolute atomic E-state index is 0.0355. The highest BCUT2D eigenvalue weighted by Crippen LogP contribution is 2.21. The van der Waals surface area contributed by atoms with Gasteiger partial charge in [0.1, 0.15) is 18.5 Å². The predicted molar refractivity (Wildman–Crippen MR) is 125 cm³/mol. The van der Waals surface area contributed by atoms with Crippen LogP contribution < -0.4 is 9.47 Å². The first-order valence-electron chi connectivity index (χ1n) is 12.1. The van der Waals surface area contributed by atoms with E-state index in [0.29, 0.717) is 18.1 Å². The standard InChI is InChI=1S/C26H39FN2O2/c1-3-5-7-9-10-12-20-30-24-16-14-22(15-17-24)26-28-19-18-25(29-26)31-21-23(27)13-11-8-6-4-2/h14-19,23H,3-13,20-21H2,1-2H3/t23-/m0/s1. The van der Waals surface area contributed by atoms with E-state index in [0.717, 1.165) is 50.0 Å². The fraction of sp³-hybridized carbons (Fsp3) is 0.615. The number of unbranched alkanes of at least 4 members (excludes halogenated alkanes) is 8. The molecule has 0 saturated heterocycles. The molecule has 0 aliphatic heterocycles. The van der Waals surface area contributed by atoms with Gasteiger partial charge in [0.15, 0.2) is 5.82 Å². The molecule has 0 amide bonds. The Morgan fingerprint density at radius 3 is 2.23 bits per heavy atom. The van der Waals surface area contributed by atoms with Crippen LogP contribution in [0.25, 0.3) is 11.4 Å². The minimum Gasteiger partial charge on any atom is -0.494 e. The third kappa shape index (κ3) is 10.6. The Balaban J connectivity index is 1.75. The van der Waals surface area contributed by atoms with Crippen LogP contribution in [-0.4, -0.2) is 29.4 Å². The van der Waals surface area contributed by atoms with Crippen LogP contribution in [0.1, 0.15) is 84.5 Å². The van der Waals surface area contributed by atoms with Crippen molar-refractivity contribution in [3.8, 4) is 23.0 Å². The van der Waals surface area contributed by atoms with Crippen molar-refractivity contribution in [2.24, 2.45) is 0 Å². The molecule has 0 bridgehead atoms. The third-order valence-corrected chi connectivity index (χ3v) is 5.29. The number of hydrogen-bond acceptors (Lipinski definition) is 4. The topological polar surface area (TPSA) is 44.2 Å². The Kier molecular flexibility index (Phi) is 12.6. The van der Waals surface area contributed by atoms with Gasteiger partial charge in [-0.25, -0.2) is 9.37 Å². The fourth-order valence-corrected chi connectivity index (χ4v) is 3.39. The van der Waals surface area contributed by atoms with Crippen LogP contribution in [0.15, 0.2) is 36.5 Å². The first-order valence-corrected chi connectivity index (χ1v) is 12.1. The molecule has 31 heavy (non-hydrogen) atoms. The average Bonchev–Trinajstić information content (AvgIpc) is 2.80. The van der Waals surface area contributed by atoms with Gasteiger partial charge in [-0.1, -0.05) is 71.6 Å². The van der Waals surface area contributed by atoms with Crippen molar-refractivity contribution in [2.45, 2.75) is 90.6 Å². The molecule has 0 spiro atoms. The van der Waals surface area contributed by atoms with Gasteiger partial charge >= 0.3 is 0 Å². The summed E-state index contributed by atoms with van der Waals surface area (Å²) < 4.78 is 25.4. The summed E-state index contributed by atoms with van der Waals surface area (Å²) in [6, 6.07) is 9.45. The molecule has 0 radical (unpaired) electrons. The number of halogens is 1. The molecule has 1 heterocycles. The highest BCUT2D eigenvalue weighted by atomic mass is 19.1. The van der Waals surface area contributed by atoms with E-state index in [9.17, 15) is 4.39 Å². The van der Waals surface area contributed by atoms with Crippen LogP contribution in [0.2, 0.25) is 0 Å². The lowest BCUT2D eigenvalue weighted by Gasteiger charge is -2.10. The lowest BCUT2D eigenvalue weighted by atomic mass is 10.1. The van der Waals surface area contributed by atoms with E-state index in [1.54, 1.807) is 12.3 Å². The van der Waals surface area contributed by atoms with Gasteiger partial charge in [-0.05, 0) is 37.1 Å². The van der Waals surface area contributed by atoms with E-state index >= 15 is 0 Å². The van der Waals surface area contributed by atoms with Crippen LogP contribution in [0.5, 0.6) is 11.6 Å². The molecule has 4 nitrogen and oxygen atoms in total. The lowest BCUT2D eigenvalue weighted by Crippen LogP contribution is -2.13. The van der Waals surface area contributed by atoms with Crippen LogP contribution in [0.4, 0.5) is 4.39 Å². The summed E-state index contributed by atoms with van der Waals surface area (Å²) in [6.07, 6.45) is 13.0. The summed E-state index contributed by atoms with van der Waals surface area (Å²) in [5.41, 5.74) is 0.883. The van der Waals surface area contributed by atoms with Gasteiger partial charge < -0.3 is 9.47 Å². The quantitative estimate of drug-likeness (QED) is 0.243. The Hall–Kier alpha value is -2.17. The van der Waals surface area contributed by atoms with Crippen LogP contribution in [-0.2, 0) is 0 Å². The second-order valence-electron chi connectivity index (χ2n) is 8.12. The highest BCUT2D eigenvalue weighted by Gasteiger charge is 2.09. The maximum absolute atomic E-state index is 14.0. The van der Waals surface area contributed by atoms with Crippen LogP contribution in [0.3, 0.4) is 0 Å². The zero-order valence-electron chi connectivity index (χ0n) is 19.3. The largest absolute Gasteiger partial charge is 0.494 e. The van der Waals surface area contributed by atoms with Crippen LogP contribution >= 0.6 is 0 Å². The second kappa shape index (κ2) is 15.6. The number of benzene rings is 1. The molecule has 0 unspecified atom stereocenters. The molecule has 2 aromatic rings. The smallest absolute Gasteiger partial charge is 0.216 e. The molecule has 1 aromatic heterocycles. The Morgan fingerprint density at radius 1 is 0.806 bits per heavy atom. The first-order chi connectivity index (χ1) is 15.2. The molecular weight excluding hydrogens is 391 g/mol. The van der Waals surface area contributed by atoms with Gasteiger partial charge in [0, 0.05) is 17.8 Å². The first kappa shape index (κ1) is 25.1. The van der Waals surface area contributed by atoms with Crippen molar-refractivity contribution in [3.63, 3.8) is 0 Å². The third-order valence-electron chi connectivity index (χ3n) is 5.29. The number of aromatic nitrogens is 2. The summed E-state index contributed by atoms with van der Waals surface area (Å²) in [5.74, 6) is 1.83. The number of rotatable bonds is 17. The predicted octanol–water partition coefficient (Wildman–Crippen LogP) is 7.57. The van der Waals surface area contributed by atoms with Gasteiger partial charge in [-0.2, -0.15) is 4.98 Å². The summed E-state index contributed by atoms with van der Waals surface area (Å²) in [6.45, 7) is 5.17. The highest BCUT2D eigenvalue weighted by molar-refractivity contribution is 5.56. The van der Waals surface area contributed by atoms with Crippen molar-refractivity contribution in [1.29, 1.82) is 0 Å². The Bertz CT molecular complexity index is 709. The summed E-state index contributed by atoms with van der Waals surface area (Å²) >= 11 is 0. The van der Waals surface area contributed by atoms with E-state index in [-0.39, 0.29) is 6.61 Å². The molecule has 0 aliphatic rings. The van der Waals surface area contributed by atoms with Crippen molar-refractivity contribution < 1.29 is 13.9 Å². The van der Waals surface area contributed by atoms with Crippen molar-refractivity contribution in [3.05, 3.63) is 36.5 Å². The Labute approximate surface area is 187 Å². The fourth-order valence-electron chi connectivity index (χ4n) is 3.39. The molecule has 0 aliphatic carbocycles. The molecule has 172 valence electrons. The molecule has 0 fully saturated rings. The summed E-state index contributed by atoms with van der Waals surface area (Å²) in [7, 11) is 0. The lowest BCUT2D eigenvalue weighted by molar-refractivity contribution is 0.179. The van der Waals surface area contributed by atoms with E-state index < -0.39 is 6.17 Å². The molecular formula is C26H39FN2O2. The van der Waals surface area contributed by atoms with E-state index in [1.165, 1.54) is 32.1 Å². The zero-order valence-corrected chi connectivity index (χ0v) is 19.3. The van der Waals surface area contributed by atoms with E-state index in [2.05, 4.69) is 23.8 Å². The van der Waals surface area contributed by atoms with Crippen molar-refractivity contribution in [2.75, 3.05) is 13.2 Å². The second-order valence-corrected chi connectivity index (χ2v) is 8.12. The number of ether oxygens (including phenoxy) is 2. The minimum atomic E-state index is -0.960. The zero-order chi connectivity index (χ0) is 22.2. The summed E-state index contributed by atoms with van der Waals surface area (Å²) in [4.78, 5) is 8.75. The van der Waals surface area contributed by atoms with Crippen LogP contribution in [0, 0.1) is 0 Å². The molecule has 2 rings (SSSR count). The SMILES string of the molecule is CCCCCCCCOc1ccc(-c2nccc(OC[C@@H](F)CCCCCC)n2)cc1. The van der Waals surface area contributed by atoms with Crippen molar-refractivity contribution >= 4 is 0 Å². The normalized spacial score (nSPS) is 12.0. The number of hydrogen-bond donors (Lipinski definition) is 0. The maximum atomic E-state index is 14.0. The van der Waals surface area contributed by atoms with Gasteiger partial charge in [0.25, 0.3) is 0 Å². The van der Waals surface area contributed by atoms with E-state index in [4.69, 9.17) is 9.47 Å². The van der Waals surface area contributed by atoms with Gasteiger partial charge in [-0.3, -0.25) is 0 Å². The molecule has 1 atom stereocenters. The van der Waals surface area contributed by atoms with E-state index in [1.807, 2.05) is 24.3 Å². The van der Waals surface area contributed by atoms with Crippen molar-refractivity contribution in [1.82, 2.24) is 9.97 Å². The number of nitrogens with zero attached hydrogens (tertiary/aromatic N) is 2. The van der Waals surface area contributed by atoms with Gasteiger partial charge in [0.2, 0.25) is 5.88 Å². The molecule has 1 aromatic carbocycles. The number of alkyl halides is 1. The van der Waals surface area contributed by atoms with Gasteiger partial charge in [0.05, 0.1) is 6.61 Å². The van der Waals surface area contributed by atoms with Gasteiger partial charge in [-0.15, -0.1) is 0 Å². The average molecular weight is 431 g/mol. The Morgan fingerprint density at radius 2 is 1.48 bits per heavy atom. The molecule has 0 saturated carbocycles. The monoisotopic (exact) mass is 430 g/mol. The molecule has 0 N–H and O–H groups in total. The summed E-state index contributed by atoms with van der Waals surface area (Å²) in [5, 5.41) is 0.